The fourth-order valence-corrected chi connectivity index (χ4v) is 2.63. The molecule has 0 spiro atoms. The number of benzene rings is 1. The zero-order chi connectivity index (χ0) is 19.8. The molecule has 0 aliphatic heterocycles. The van der Waals surface area contributed by atoms with Crippen molar-refractivity contribution in [3.05, 3.63) is 53.8 Å². The number of nitrogens with zero attached hydrogens (tertiary/aromatic N) is 4. The highest BCUT2D eigenvalue weighted by Gasteiger charge is 2.36. The minimum absolute atomic E-state index is 0.0457. The van der Waals surface area contributed by atoms with Gasteiger partial charge in [-0.3, -0.25) is 9.59 Å². The van der Waals surface area contributed by atoms with Crippen LogP contribution < -0.4 is 0 Å². The summed E-state index contributed by atoms with van der Waals surface area (Å²) >= 11 is 0. The summed E-state index contributed by atoms with van der Waals surface area (Å²) in [5.41, 5.74) is -1.10. The number of allylic oxidation sites excluding steroid dienone is 1. The summed E-state index contributed by atoms with van der Waals surface area (Å²) in [5, 5.41) is 3.84. The first kappa shape index (κ1) is 18.8. The van der Waals surface area contributed by atoms with Crippen LogP contribution in [-0.2, 0) is 11.0 Å². The molecule has 0 radical (unpaired) electrons. The molecule has 1 heterocycles. The van der Waals surface area contributed by atoms with Crippen molar-refractivity contribution in [2.45, 2.75) is 19.0 Å². The van der Waals surface area contributed by atoms with Crippen LogP contribution in [0, 0.1) is 5.92 Å². The molecule has 27 heavy (non-hydrogen) atoms. The molecule has 1 aromatic carbocycles. The van der Waals surface area contributed by atoms with Gasteiger partial charge in [-0.15, -0.1) is 0 Å². The maximum Gasteiger partial charge on any atom is 0.416 e. The molecule has 9 heteroatoms. The van der Waals surface area contributed by atoms with E-state index in [1.165, 1.54) is 12.5 Å². The average Bonchev–Trinajstić information content (AvgIpc) is 3.31. The molecule has 1 aliphatic rings. The third-order valence-electron chi connectivity index (χ3n) is 4.08. The van der Waals surface area contributed by atoms with Crippen LogP contribution >= 0.6 is 0 Å². The Labute approximate surface area is 153 Å². The van der Waals surface area contributed by atoms with E-state index in [9.17, 15) is 22.8 Å². The number of carbonyl (C=O) groups excluding carboxylic acids is 2. The third-order valence-corrected chi connectivity index (χ3v) is 4.08. The average molecular weight is 378 g/mol. The molecule has 1 saturated carbocycles. The van der Waals surface area contributed by atoms with Crippen molar-refractivity contribution in [2.75, 3.05) is 14.1 Å². The lowest BCUT2D eigenvalue weighted by Crippen LogP contribution is -2.20. The maximum atomic E-state index is 13.1. The molecule has 0 amide bonds. The van der Waals surface area contributed by atoms with E-state index in [1.807, 2.05) is 0 Å². The van der Waals surface area contributed by atoms with E-state index in [2.05, 4.69) is 10.1 Å². The number of halogens is 3. The number of hydrogen-bond acceptors (Lipinski definition) is 5. The van der Waals surface area contributed by atoms with Gasteiger partial charge in [0.2, 0.25) is 0 Å². The van der Waals surface area contributed by atoms with Crippen LogP contribution in [0.5, 0.6) is 0 Å². The molecule has 1 fully saturated rings. The van der Waals surface area contributed by atoms with Crippen LogP contribution in [0.15, 0.2) is 42.6 Å². The van der Waals surface area contributed by atoms with E-state index >= 15 is 0 Å². The number of hydrogen-bond donors (Lipinski definition) is 0. The standard InChI is InChI=1S/C18H17F3N4O2/c1-24(2)8-14(16(26)11-3-4-11)17(27)13-6-5-12(18(19,20)21)7-15(13)25-10-22-9-23-25/h5-11H,3-4H2,1-2H3. The lowest BCUT2D eigenvalue weighted by atomic mass is 9.95. The summed E-state index contributed by atoms with van der Waals surface area (Å²) in [6.45, 7) is 0. The Morgan fingerprint density at radius 1 is 1.26 bits per heavy atom. The largest absolute Gasteiger partial charge is 0.416 e. The van der Waals surface area contributed by atoms with Gasteiger partial charge in [-0.25, -0.2) is 9.67 Å². The van der Waals surface area contributed by atoms with Crippen LogP contribution in [-0.4, -0.2) is 45.3 Å². The zero-order valence-electron chi connectivity index (χ0n) is 14.7. The number of ketones is 2. The highest BCUT2D eigenvalue weighted by Crippen LogP contribution is 2.35. The predicted molar refractivity (Wildman–Crippen MR) is 90.2 cm³/mol. The van der Waals surface area contributed by atoms with Gasteiger partial charge in [0.15, 0.2) is 11.6 Å². The Bertz CT molecular complexity index is 898. The van der Waals surface area contributed by atoms with Crippen molar-refractivity contribution in [1.29, 1.82) is 0 Å². The van der Waals surface area contributed by atoms with Gasteiger partial charge in [-0.05, 0) is 31.0 Å². The predicted octanol–water partition coefficient (Wildman–Crippen LogP) is 2.89. The summed E-state index contributed by atoms with van der Waals surface area (Å²) in [7, 11) is 3.33. The van der Waals surface area contributed by atoms with Gasteiger partial charge in [0, 0.05) is 31.8 Å². The molecule has 2 aromatic rings. The van der Waals surface area contributed by atoms with Crippen molar-refractivity contribution in [3.8, 4) is 5.69 Å². The van der Waals surface area contributed by atoms with Crippen molar-refractivity contribution >= 4 is 11.6 Å². The fraction of sp³-hybridized carbons (Fsp3) is 0.333. The van der Waals surface area contributed by atoms with Crippen LogP contribution in [0.3, 0.4) is 0 Å². The van der Waals surface area contributed by atoms with Crippen LogP contribution in [0.25, 0.3) is 5.69 Å². The monoisotopic (exact) mass is 378 g/mol. The van der Waals surface area contributed by atoms with Crippen molar-refractivity contribution < 1.29 is 22.8 Å². The maximum absolute atomic E-state index is 13.1. The summed E-state index contributed by atoms with van der Waals surface area (Å²) in [5.74, 6) is -1.14. The lowest BCUT2D eigenvalue weighted by molar-refractivity contribution is -0.137. The van der Waals surface area contributed by atoms with E-state index < -0.39 is 17.5 Å². The second-order valence-corrected chi connectivity index (χ2v) is 6.54. The summed E-state index contributed by atoms with van der Waals surface area (Å²) < 4.78 is 40.4. The first-order valence-electron chi connectivity index (χ1n) is 8.22. The molecule has 1 aliphatic carbocycles. The molecule has 6 nitrogen and oxygen atoms in total. The third kappa shape index (κ3) is 4.07. The van der Waals surface area contributed by atoms with Crippen molar-refractivity contribution in [3.63, 3.8) is 0 Å². The van der Waals surface area contributed by atoms with E-state index in [0.29, 0.717) is 12.8 Å². The smallest absolute Gasteiger partial charge is 0.383 e. The topological polar surface area (TPSA) is 68.1 Å². The molecular weight excluding hydrogens is 361 g/mol. The number of alkyl halides is 3. The molecule has 0 unspecified atom stereocenters. The van der Waals surface area contributed by atoms with Crippen molar-refractivity contribution in [2.24, 2.45) is 5.92 Å². The van der Waals surface area contributed by atoms with E-state index in [-0.39, 0.29) is 28.5 Å². The lowest BCUT2D eigenvalue weighted by Gasteiger charge is -2.15. The molecule has 0 atom stereocenters. The summed E-state index contributed by atoms with van der Waals surface area (Å²) in [4.78, 5) is 30.9. The molecule has 1 aromatic heterocycles. The van der Waals surface area contributed by atoms with Crippen molar-refractivity contribution in [1.82, 2.24) is 19.7 Å². The highest BCUT2D eigenvalue weighted by atomic mass is 19.4. The molecule has 3 rings (SSSR count). The van der Waals surface area contributed by atoms with Gasteiger partial charge in [0.1, 0.15) is 12.7 Å². The van der Waals surface area contributed by atoms with E-state index in [4.69, 9.17) is 0 Å². The van der Waals surface area contributed by atoms with Crippen LogP contribution in [0.1, 0.15) is 28.8 Å². The Kier molecular flexibility index (Phi) is 4.86. The van der Waals surface area contributed by atoms with E-state index in [1.54, 1.807) is 19.0 Å². The Morgan fingerprint density at radius 2 is 1.96 bits per heavy atom. The van der Waals surface area contributed by atoms with Gasteiger partial charge in [-0.2, -0.15) is 18.3 Å². The number of rotatable bonds is 6. The Hall–Kier alpha value is -2.97. The SMILES string of the molecule is CN(C)C=C(C(=O)c1ccc(C(F)(F)F)cc1-n1cncn1)C(=O)C1CC1. The summed E-state index contributed by atoms with van der Waals surface area (Å²) in [6, 6.07) is 2.73. The van der Waals surface area contributed by atoms with Gasteiger partial charge in [0.25, 0.3) is 0 Å². The second-order valence-electron chi connectivity index (χ2n) is 6.54. The first-order valence-corrected chi connectivity index (χ1v) is 8.22. The Morgan fingerprint density at radius 3 is 2.48 bits per heavy atom. The molecule has 0 bridgehead atoms. The number of Topliss-reactive ketones (excluding diaryl/α,β-unsaturated/α-hetero) is 2. The highest BCUT2D eigenvalue weighted by molar-refractivity contribution is 6.28. The van der Waals surface area contributed by atoms with Crippen LogP contribution in [0.2, 0.25) is 0 Å². The molecule has 0 saturated heterocycles. The first-order chi connectivity index (χ1) is 12.7. The Balaban J connectivity index is 2.11. The van der Waals surface area contributed by atoms with Gasteiger partial charge in [0.05, 0.1) is 16.8 Å². The minimum atomic E-state index is -4.58. The fourth-order valence-electron chi connectivity index (χ4n) is 2.63. The number of aromatic nitrogens is 3. The zero-order valence-corrected chi connectivity index (χ0v) is 14.7. The van der Waals surface area contributed by atoms with E-state index in [0.717, 1.165) is 29.2 Å². The normalized spacial score (nSPS) is 14.9. The minimum Gasteiger partial charge on any atom is -0.383 e. The van der Waals surface area contributed by atoms with Gasteiger partial charge < -0.3 is 4.90 Å². The van der Waals surface area contributed by atoms with Crippen LogP contribution in [0.4, 0.5) is 13.2 Å². The quantitative estimate of drug-likeness (QED) is 0.335. The summed E-state index contributed by atoms with van der Waals surface area (Å²) in [6.07, 6.45) is 0.596. The molecule has 142 valence electrons. The molecular formula is C18H17F3N4O2. The van der Waals surface area contributed by atoms with Gasteiger partial charge >= 0.3 is 6.18 Å². The van der Waals surface area contributed by atoms with Gasteiger partial charge in [-0.1, -0.05) is 0 Å². The number of carbonyl (C=O) groups is 2. The molecule has 0 N–H and O–H groups in total. The second kappa shape index (κ2) is 6.98.